The maximum atomic E-state index is 8.68. The van der Waals surface area contributed by atoms with Gasteiger partial charge in [-0.25, -0.2) is 0 Å². The van der Waals surface area contributed by atoms with Crippen LogP contribution in [0.5, 0.6) is 0 Å². The Bertz CT molecular complexity index is 505. The Hall–Kier alpha value is -1.79. The number of benzene rings is 1. The second kappa shape index (κ2) is 4.16. The predicted molar refractivity (Wildman–Crippen MR) is 60.3 cm³/mol. The van der Waals surface area contributed by atoms with Gasteiger partial charge in [-0.05, 0) is 30.7 Å². The molecule has 0 fully saturated rings. The largest absolute Gasteiger partial charge is 0.334 e. The SMILES string of the molecule is N#CCn1ccc2c(CCN)cccc21. The van der Waals surface area contributed by atoms with E-state index in [4.69, 9.17) is 11.0 Å². The standard InChI is InChI=1S/C12H13N3/c13-6-4-10-2-1-3-12-11(10)5-8-15(12)9-7-14/h1-3,5,8H,4,6,9,13H2. The summed E-state index contributed by atoms with van der Waals surface area (Å²) in [6.45, 7) is 1.05. The van der Waals surface area contributed by atoms with Crippen molar-refractivity contribution in [2.75, 3.05) is 6.54 Å². The second-order valence-corrected chi connectivity index (χ2v) is 3.49. The molecule has 1 aromatic carbocycles. The summed E-state index contributed by atoms with van der Waals surface area (Å²) in [4.78, 5) is 0. The van der Waals surface area contributed by atoms with Gasteiger partial charge in [0.15, 0.2) is 0 Å². The van der Waals surface area contributed by atoms with E-state index in [1.54, 1.807) is 0 Å². The fraction of sp³-hybridized carbons (Fsp3) is 0.250. The summed E-state index contributed by atoms with van der Waals surface area (Å²) < 4.78 is 1.95. The van der Waals surface area contributed by atoms with Crippen LogP contribution in [0.25, 0.3) is 10.9 Å². The maximum Gasteiger partial charge on any atom is 0.110 e. The molecule has 1 heterocycles. The van der Waals surface area contributed by atoms with Crippen molar-refractivity contribution in [1.82, 2.24) is 4.57 Å². The molecule has 0 saturated carbocycles. The van der Waals surface area contributed by atoms with Gasteiger partial charge < -0.3 is 10.3 Å². The molecule has 0 atom stereocenters. The van der Waals surface area contributed by atoms with Crippen molar-refractivity contribution in [3.63, 3.8) is 0 Å². The van der Waals surface area contributed by atoms with Crippen LogP contribution in [0.3, 0.4) is 0 Å². The Morgan fingerprint density at radius 1 is 1.33 bits per heavy atom. The van der Waals surface area contributed by atoms with Crippen LogP contribution in [-0.2, 0) is 13.0 Å². The third kappa shape index (κ3) is 1.72. The molecule has 0 amide bonds. The number of rotatable bonds is 3. The van der Waals surface area contributed by atoms with Crippen molar-refractivity contribution >= 4 is 10.9 Å². The Labute approximate surface area is 88.7 Å². The van der Waals surface area contributed by atoms with Crippen LogP contribution < -0.4 is 5.73 Å². The number of nitriles is 1. The fourth-order valence-electron chi connectivity index (χ4n) is 1.87. The number of hydrogen-bond acceptors (Lipinski definition) is 2. The summed E-state index contributed by atoms with van der Waals surface area (Å²) in [5.41, 5.74) is 7.93. The van der Waals surface area contributed by atoms with Gasteiger partial charge in [-0.15, -0.1) is 0 Å². The van der Waals surface area contributed by atoms with Gasteiger partial charge in [0.05, 0.1) is 6.07 Å². The maximum absolute atomic E-state index is 8.68. The second-order valence-electron chi connectivity index (χ2n) is 3.49. The Morgan fingerprint density at radius 3 is 2.93 bits per heavy atom. The van der Waals surface area contributed by atoms with Crippen molar-refractivity contribution in [3.05, 3.63) is 36.0 Å². The first-order valence-corrected chi connectivity index (χ1v) is 5.00. The third-order valence-corrected chi connectivity index (χ3v) is 2.56. The van der Waals surface area contributed by atoms with Gasteiger partial charge in [-0.1, -0.05) is 12.1 Å². The normalized spacial score (nSPS) is 10.4. The van der Waals surface area contributed by atoms with E-state index >= 15 is 0 Å². The zero-order valence-electron chi connectivity index (χ0n) is 8.48. The number of nitrogens with zero attached hydrogens (tertiary/aromatic N) is 2. The quantitative estimate of drug-likeness (QED) is 0.817. The van der Waals surface area contributed by atoms with Crippen LogP contribution in [0.2, 0.25) is 0 Å². The number of fused-ring (bicyclic) bond motifs is 1. The molecular formula is C12H13N3. The zero-order chi connectivity index (χ0) is 10.7. The highest BCUT2D eigenvalue weighted by molar-refractivity contribution is 5.83. The minimum Gasteiger partial charge on any atom is -0.334 e. The van der Waals surface area contributed by atoms with Crippen molar-refractivity contribution in [2.45, 2.75) is 13.0 Å². The van der Waals surface area contributed by atoms with E-state index in [-0.39, 0.29) is 0 Å². The molecule has 3 nitrogen and oxygen atoms in total. The van der Waals surface area contributed by atoms with Gasteiger partial charge in [-0.2, -0.15) is 5.26 Å². The topological polar surface area (TPSA) is 54.7 Å². The first kappa shape index (κ1) is 9.75. The van der Waals surface area contributed by atoms with Gasteiger partial charge in [0.1, 0.15) is 6.54 Å². The third-order valence-electron chi connectivity index (χ3n) is 2.56. The highest BCUT2D eigenvalue weighted by Crippen LogP contribution is 2.20. The van der Waals surface area contributed by atoms with Gasteiger partial charge >= 0.3 is 0 Å². The first-order chi connectivity index (χ1) is 7.36. The predicted octanol–water partition coefficient (Wildman–Crippen LogP) is 1.67. The lowest BCUT2D eigenvalue weighted by Crippen LogP contribution is -2.03. The number of aromatic nitrogens is 1. The molecule has 0 spiro atoms. The molecule has 15 heavy (non-hydrogen) atoms. The van der Waals surface area contributed by atoms with Crippen LogP contribution in [0, 0.1) is 11.3 Å². The Kier molecular flexibility index (Phi) is 2.70. The van der Waals surface area contributed by atoms with E-state index in [9.17, 15) is 0 Å². The molecule has 76 valence electrons. The molecule has 1 aromatic heterocycles. The number of hydrogen-bond donors (Lipinski definition) is 1. The summed E-state index contributed by atoms with van der Waals surface area (Å²) in [5, 5.41) is 9.89. The highest BCUT2D eigenvalue weighted by atomic mass is 14.9. The molecule has 2 aromatic rings. The van der Waals surface area contributed by atoms with Crippen LogP contribution in [-0.4, -0.2) is 11.1 Å². The molecule has 2 rings (SSSR count). The highest BCUT2D eigenvalue weighted by Gasteiger charge is 2.03. The Balaban J connectivity index is 2.54. The fourth-order valence-corrected chi connectivity index (χ4v) is 1.87. The van der Waals surface area contributed by atoms with Gasteiger partial charge in [0.2, 0.25) is 0 Å². The summed E-state index contributed by atoms with van der Waals surface area (Å²) in [6, 6.07) is 10.3. The monoisotopic (exact) mass is 199 g/mol. The van der Waals surface area contributed by atoms with E-state index in [2.05, 4.69) is 18.2 Å². The molecule has 0 saturated heterocycles. The molecule has 0 aliphatic heterocycles. The smallest absolute Gasteiger partial charge is 0.110 e. The van der Waals surface area contributed by atoms with Crippen LogP contribution in [0.4, 0.5) is 0 Å². The lowest BCUT2D eigenvalue weighted by atomic mass is 10.1. The molecule has 0 bridgehead atoms. The van der Waals surface area contributed by atoms with Crippen LogP contribution >= 0.6 is 0 Å². The summed E-state index contributed by atoms with van der Waals surface area (Å²) in [6.07, 6.45) is 2.84. The van der Waals surface area contributed by atoms with E-state index < -0.39 is 0 Å². The molecule has 0 aliphatic carbocycles. The van der Waals surface area contributed by atoms with Crippen molar-refractivity contribution in [1.29, 1.82) is 5.26 Å². The summed E-state index contributed by atoms with van der Waals surface area (Å²) >= 11 is 0. The summed E-state index contributed by atoms with van der Waals surface area (Å²) in [7, 11) is 0. The minimum atomic E-state index is 0.398. The molecule has 0 aliphatic rings. The van der Waals surface area contributed by atoms with Crippen molar-refractivity contribution in [2.24, 2.45) is 5.73 Å². The van der Waals surface area contributed by atoms with Gasteiger partial charge in [0.25, 0.3) is 0 Å². The zero-order valence-corrected chi connectivity index (χ0v) is 8.48. The molecule has 3 heteroatoms. The molecule has 0 unspecified atom stereocenters. The molecular weight excluding hydrogens is 186 g/mol. The Morgan fingerprint density at radius 2 is 2.20 bits per heavy atom. The lowest BCUT2D eigenvalue weighted by molar-refractivity contribution is 0.874. The average Bonchev–Trinajstić information content (AvgIpc) is 2.64. The van der Waals surface area contributed by atoms with E-state index in [1.165, 1.54) is 10.9 Å². The van der Waals surface area contributed by atoms with Crippen molar-refractivity contribution in [3.8, 4) is 6.07 Å². The van der Waals surface area contributed by atoms with Gasteiger partial charge in [-0.3, -0.25) is 0 Å². The minimum absolute atomic E-state index is 0.398. The lowest BCUT2D eigenvalue weighted by Gasteiger charge is -2.03. The first-order valence-electron chi connectivity index (χ1n) is 5.00. The van der Waals surface area contributed by atoms with E-state index in [0.717, 1.165) is 11.9 Å². The number of nitrogens with two attached hydrogens (primary N) is 1. The summed E-state index contributed by atoms with van der Waals surface area (Å²) in [5.74, 6) is 0. The molecule has 2 N–H and O–H groups in total. The van der Waals surface area contributed by atoms with Crippen LogP contribution in [0.1, 0.15) is 5.56 Å². The average molecular weight is 199 g/mol. The van der Waals surface area contributed by atoms with E-state index in [0.29, 0.717) is 13.1 Å². The van der Waals surface area contributed by atoms with Crippen molar-refractivity contribution < 1.29 is 0 Å². The van der Waals surface area contributed by atoms with Crippen LogP contribution in [0.15, 0.2) is 30.5 Å². The van der Waals surface area contributed by atoms with Gasteiger partial charge in [0, 0.05) is 17.1 Å². The molecule has 0 radical (unpaired) electrons. The van der Waals surface area contributed by atoms with E-state index in [1.807, 2.05) is 22.9 Å².